The summed E-state index contributed by atoms with van der Waals surface area (Å²) in [6.07, 6.45) is 3.43. The third-order valence-electron chi connectivity index (χ3n) is 3.09. The average Bonchev–Trinajstić information content (AvgIpc) is 2.84. The van der Waals surface area contributed by atoms with Crippen molar-refractivity contribution in [1.82, 2.24) is 19.7 Å². The van der Waals surface area contributed by atoms with Crippen molar-refractivity contribution < 1.29 is 0 Å². The highest BCUT2D eigenvalue weighted by molar-refractivity contribution is 9.10. The second-order valence-electron chi connectivity index (χ2n) is 4.46. The summed E-state index contributed by atoms with van der Waals surface area (Å²) >= 11 is 3.41. The number of anilines is 2. The largest absolute Gasteiger partial charge is 0.398 e. The Labute approximate surface area is 124 Å². The Balaban J connectivity index is 1.96. The number of halogens is 1. The summed E-state index contributed by atoms with van der Waals surface area (Å²) in [5.41, 5.74) is 8.46. The molecule has 20 heavy (non-hydrogen) atoms. The van der Waals surface area contributed by atoms with Gasteiger partial charge in [-0.3, -0.25) is 4.98 Å². The number of nitrogens with one attached hydrogen (secondary N) is 1. The minimum atomic E-state index is 0.577. The zero-order valence-corrected chi connectivity index (χ0v) is 12.4. The number of benzene rings is 1. The molecular formula is C13H13BrN6. The number of nitrogens with two attached hydrogens (primary N) is 1. The number of aromatic nitrogens is 4. The fourth-order valence-corrected chi connectivity index (χ4v) is 2.33. The van der Waals surface area contributed by atoms with Gasteiger partial charge >= 0.3 is 0 Å². The molecule has 0 amide bonds. The second kappa shape index (κ2) is 5.09. The SMILES string of the molecule is Cn1cnnc1CNc1ccc(N)c2cc(Br)cnc12. The summed E-state index contributed by atoms with van der Waals surface area (Å²) in [6, 6.07) is 5.76. The smallest absolute Gasteiger partial charge is 0.151 e. The molecule has 3 rings (SSSR count). The molecule has 0 aliphatic carbocycles. The van der Waals surface area contributed by atoms with Gasteiger partial charge in [0.25, 0.3) is 0 Å². The fraction of sp³-hybridized carbons (Fsp3) is 0.154. The molecular weight excluding hydrogens is 320 g/mol. The summed E-state index contributed by atoms with van der Waals surface area (Å²) < 4.78 is 2.78. The molecule has 3 N–H and O–H groups in total. The van der Waals surface area contributed by atoms with E-state index in [1.807, 2.05) is 29.8 Å². The van der Waals surface area contributed by atoms with Crippen molar-refractivity contribution in [3.8, 4) is 0 Å². The van der Waals surface area contributed by atoms with Gasteiger partial charge in [-0.15, -0.1) is 10.2 Å². The summed E-state index contributed by atoms with van der Waals surface area (Å²) in [7, 11) is 1.91. The molecule has 0 spiro atoms. The van der Waals surface area contributed by atoms with Crippen molar-refractivity contribution in [2.75, 3.05) is 11.1 Å². The highest BCUT2D eigenvalue weighted by Crippen LogP contribution is 2.28. The molecule has 0 saturated carbocycles. The van der Waals surface area contributed by atoms with Crippen LogP contribution in [0.3, 0.4) is 0 Å². The van der Waals surface area contributed by atoms with Gasteiger partial charge in [-0.2, -0.15) is 0 Å². The van der Waals surface area contributed by atoms with Gasteiger partial charge in [0, 0.05) is 28.8 Å². The molecule has 6 nitrogen and oxygen atoms in total. The molecule has 102 valence electrons. The van der Waals surface area contributed by atoms with E-state index in [9.17, 15) is 0 Å². The predicted octanol–water partition coefficient (Wildman–Crippen LogP) is 2.32. The van der Waals surface area contributed by atoms with Gasteiger partial charge in [-0.05, 0) is 34.1 Å². The molecule has 0 unspecified atom stereocenters. The first-order valence-corrected chi connectivity index (χ1v) is 6.85. The van der Waals surface area contributed by atoms with E-state index in [4.69, 9.17) is 5.73 Å². The van der Waals surface area contributed by atoms with E-state index in [0.29, 0.717) is 12.2 Å². The van der Waals surface area contributed by atoms with Crippen LogP contribution in [0.4, 0.5) is 11.4 Å². The molecule has 1 aromatic carbocycles. The molecule has 2 heterocycles. The third kappa shape index (κ3) is 2.32. The highest BCUT2D eigenvalue weighted by atomic mass is 79.9. The average molecular weight is 333 g/mol. The number of fused-ring (bicyclic) bond motifs is 1. The maximum absolute atomic E-state index is 5.99. The summed E-state index contributed by atoms with van der Waals surface area (Å²) in [5, 5.41) is 12.1. The topological polar surface area (TPSA) is 81.7 Å². The van der Waals surface area contributed by atoms with Crippen LogP contribution >= 0.6 is 15.9 Å². The molecule has 2 aromatic heterocycles. The lowest BCUT2D eigenvalue weighted by molar-refractivity contribution is 0.812. The van der Waals surface area contributed by atoms with Crippen molar-refractivity contribution in [2.24, 2.45) is 7.05 Å². The number of nitrogen functional groups attached to an aromatic ring is 1. The van der Waals surface area contributed by atoms with Crippen LogP contribution < -0.4 is 11.1 Å². The van der Waals surface area contributed by atoms with E-state index in [0.717, 1.165) is 26.9 Å². The van der Waals surface area contributed by atoms with Crippen LogP contribution in [0, 0.1) is 0 Å². The van der Waals surface area contributed by atoms with Crippen LogP contribution in [-0.4, -0.2) is 19.7 Å². The van der Waals surface area contributed by atoms with Gasteiger partial charge in [0.15, 0.2) is 5.82 Å². The molecule has 0 bridgehead atoms. The van der Waals surface area contributed by atoms with Gasteiger partial charge in [-0.1, -0.05) is 0 Å². The minimum absolute atomic E-state index is 0.577. The lowest BCUT2D eigenvalue weighted by atomic mass is 10.1. The predicted molar refractivity (Wildman–Crippen MR) is 82.2 cm³/mol. The van der Waals surface area contributed by atoms with Crippen LogP contribution in [0.15, 0.2) is 35.2 Å². The zero-order chi connectivity index (χ0) is 14.1. The Kier molecular flexibility index (Phi) is 3.27. The maximum Gasteiger partial charge on any atom is 0.151 e. The fourth-order valence-electron chi connectivity index (χ4n) is 2.00. The number of hydrogen-bond donors (Lipinski definition) is 2. The highest BCUT2D eigenvalue weighted by Gasteiger charge is 2.07. The van der Waals surface area contributed by atoms with Crippen LogP contribution in [0.5, 0.6) is 0 Å². The molecule has 0 aliphatic heterocycles. The first kappa shape index (κ1) is 12.9. The van der Waals surface area contributed by atoms with Crippen molar-refractivity contribution >= 4 is 38.2 Å². The van der Waals surface area contributed by atoms with Crippen molar-refractivity contribution in [1.29, 1.82) is 0 Å². The monoisotopic (exact) mass is 332 g/mol. The van der Waals surface area contributed by atoms with Gasteiger partial charge in [0.05, 0.1) is 17.7 Å². The number of pyridine rings is 1. The Morgan fingerprint density at radius 1 is 1.40 bits per heavy atom. The van der Waals surface area contributed by atoms with E-state index in [1.54, 1.807) is 12.5 Å². The first-order chi connectivity index (χ1) is 9.65. The van der Waals surface area contributed by atoms with Crippen molar-refractivity contribution in [3.05, 3.63) is 41.0 Å². The van der Waals surface area contributed by atoms with Crippen LogP contribution in [0.25, 0.3) is 10.9 Å². The van der Waals surface area contributed by atoms with E-state index in [1.165, 1.54) is 0 Å². The molecule has 3 aromatic rings. The van der Waals surface area contributed by atoms with Gasteiger partial charge in [0.1, 0.15) is 6.33 Å². The van der Waals surface area contributed by atoms with Crippen molar-refractivity contribution in [3.63, 3.8) is 0 Å². The van der Waals surface area contributed by atoms with E-state index < -0.39 is 0 Å². The zero-order valence-electron chi connectivity index (χ0n) is 10.8. The molecule has 0 aliphatic rings. The third-order valence-corrected chi connectivity index (χ3v) is 3.53. The van der Waals surface area contributed by atoms with Crippen LogP contribution in [0.2, 0.25) is 0 Å². The summed E-state index contributed by atoms with van der Waals surface area (Å²) in [5.74, 6) is 0.854. The standard InChI is InChI=1S/C13H13BrN6/c1-20-7-18-19-12(20)6-16-11-3-2-10(15)9-4-8(14)5-17-13(9)11/h2-5,7,16H,6,15H2,1H3. The molecule has 0 radical (unpaired) electrons. The number of aryl methyl sites for hydroxylation is 1. The maximum atomic E-state index is 5.99. The molecule has 0 saturated heterocycles. The normalized spacial score (nSPS) is 10.9. The Morgan fingerprint density at radius 3 is 3.00 bits per heavy atom. The van der Waals surface area contributed by atoms with Gasteiger partial charge < -0.3 is 15.6 Å². The summed E-state index contributed by atoms with van der Waals surface area (Å²) in [6.45, 7) is 0.577. The Hall–Kier alpha value is -2.15. The number of hydrogen-bond acceptors (Lipinski definition) is 5. The first-order valence-electron chi connectivity index (χ1n) is 6.05. The number of rotatable bonds is 3. The number of nitrogens with zero attached hydrogens (tertiary/aromatic N) is 4. The summed E-state index contributed by atoms with van der Waals surface area (Å²) in [4.78, 5) is 4.43. The van der Waals surface area contributed by atoms with Crippen molar-refractivity contribution in [2.45, 2.75) is 6.54 Å². The lowest BCUT2D eigenvalue weighted by Crippen LogP contribution is -2.06. The lowest BCUT2D eigenvalue weighted by Gasteiger charge is -2.10. The Bertz CT molecular complexity index is 767. The van der Waals surface area contributed by atoms with Crippen LogP contribution in [-0.2, 0) is 13.6 Å². The van der Waals surface area contributed by atoms with E-state index in [2.05, 4.69) is 36.4 Å². The van der Waals surface area contributed by atoms with E-state index >= 15 is 0 Å². The van der Waals surface area contributed by atoms with Gasteiger partial charge in [0.2, 0.25) is 0 Å². The molecule has 0 fully saturated rings. The molecule has 0 atom stereocenters. The Morgan fingerprint density at radius 2 is 2.25 bits per heavy atom. The van der Waals surface area contributed by atoms with Crippen LogP contribution in [0.1, 0.15) is 5.82 Å². The molecule has 7 heteroatoms. The quantitative estimate of drug-likeness (QED) is 0.719. The second-order valence-corrected chi connectivity index (χ2v) is 5.38. The van der Waals surface area contributed by atoms with E-state index in [-0.39, 0.29) is 0 Å². The minimum Gasteiger partial charge on any atom is -0.398 e. The van der Waals surface area contributed by atoms with Gasteiger partial charge in [-0.25, -0.2) is 0 Å².